The van der Waals surface area contributed by atoms with Crippen molar-refractivity contribution < 1.29 is 40.7 Å². The lowest BCUT2D eigenvalue weighted by Crippen LogP contribution is -2.41. The van der Waals surface area contributed by atoms with E-state index in [1.807, 2.05) is 0 Å². The molecule has 1 amide bonds. The van der Waals surface area contributed by atoms with Gasteiger partial charge in [0.25, 0.3) is 5.91 Å². The first kappa shape index (κ1) is 35.9. The van der Waals surface area contributed by atoms with E-state index in [2.05, 4.69) is 6.92 Å². The summed E-state index contributed by atoms with van der Waals surface area (Å²) in [5.41, 5.74) is -3.77. The Labute approximate surface area is 246 Å². The Kier molecular flexibility index (Phi) is 15.8. The maximum absolute atomic E-state index is 13.4. The number of halogens is 6. The molecule has 1 aromatic rings. The third-order valence-electron chi connectivity index (χ3n) is 7.99. The van der Waals surface area contributed by atoms with Gasteiger partial charge in [-0.25, -0.2) is 0 Å². The first-order valence-electron chi connectivity index (χ1n) is 15.7. The first-order chi connectivity index (χ1) is 19.9. The van der Waals surface area contributed by atoms with Gasteiger partial charge in [0.1, 0.15) is 0 Å². The van der Waals surface area contributed by atoms with E-state index in [0.717, 1.165) is 24.2 Å². The van der Waals surface area contributed by atoms with Crippen molar-refractivity contribution in [2.45, 2.75) is 128 Å². The SMILES string of the molecule is CCCCCCCCCCCCCCCCCOC(=O)C1CCN(C(=O)c2cc(C(F)(F)F)ccc2C(F)(F)F)CC1. The van der Waals surface area contributed by atoms with Gasteiger partial charge in [-0.15, -0.1) is 0 Å². The van der Waals surface area contributed by atoms with Crippen LogP contribution in [0.3, 0.4) is 0 Å². The Hall–Kier alpha value is -2.26. The Morgan fingerprint density at radius 1 is 0.738 bits per heavy atom. The number of amides is 1. The summed E-state index contributed by atoms with van der Waals surface area (Å²) in [5, 5.41) is 0. The molecule has 1 saturated heterocycles. The van der Waals surface area contributed by atoms with E-state index in [0.29, 0.717) is 12.7 Å². The molecule has 0 atom stereocenters. The fourth-order valence-corrected chi connectivity index (χ4v) is 5.40. The van der Waals surface area contributed by atoms with Crippen molar-refractivity contribution >= 4 is 11.9 Å². The van der Waals surface area contributed by atoms with Gasteiger partial charge in [0.15, 0.2) is 0 Å². The lowest BCUT2D eigenvalue weighted by Gasteiger charge is -2.31. The molecule has 1 aliphatic heterocycles. The number of unbranched alkanes of at least 4 members (excludes halogenated alkanes) is 14. The van der Waals surface area contributed by atoms with Crippen LogP contribution in [0.1, 0.15) is 138 Å². The lowest BCUT2D eigenvalue weighted by atomic mass is 9.95. The highest BCUT2D eigenvalue weighted by molar-refractivity contribution is 5.96. The van der Waals surface area contributed by atoms with E-state index in [9.17, 15) is 35.9 Å². The van der Waals surface area contributed by atoms with Crippen LogP contribution in [-0.4, -0.2) is 36.5 Å². The van der Waals surface area contributed by atoms with Gasteiger partial charge in [-0.2, -0.15) is 26.3 Å². The molecule has 0 saturated carbocycles. The molecule has 2 rings (SSSR count). The average Bonchev–Trinajstić information content (AvgIpc) is 2.95. The van der Waals surface area contributed by atoms with Crippen molar-refractivity contribution in [2.75, 3.05) is 19.7 Å². The Bertz CT molecular complexity index is 939. The summed E-state index contributed by atoms with van der Waals surface area (Å²) in [6.07, 6.45) is 8.99. The minimum Gasteiger partial charge on any atom is -0.465 e. The van der Waals surface area contributed by atoms with Gasteiger partial charge in [0.05, 0.1) is 29.2 Å². The summed E-state index contributed by atoms with van der Waals surface area (Å²) in [7, 11) is 0. The monoisotopic (exact) mass is 607 g/mol. The lowest BCUT2D eigenvalue weighted by molar-refractivity contribution is -0.150. The molecule has 0 aliphatic carbocycles. The van der Waals surface area contributed by atoms with Gasteiger partial charge in [-0.1, -0.05) is 96.8 Å². The highest BCUT2D eigenvalue weighted by atomic mass is 19.4. The molecule has 0 spiro atoms. The zero-order valence-electron chi connectivity index (χ0n) is 24.9. The Morgan fingerprint density at radius 2 is 1.21 bits per heavy atom. The smallest absolute Gasteiger partial charge is 0.417 e. The third kappa shape index (κ3) is 12.9. The maximum atomic E-state index is 13.4. The van der Waals surface area contributed by atoms with Crippen LogP contribution in [-0.2, 0) is 21.9 Å². The molecular formula is C32H47F6NO3. The van der Waals surface area contributed by atoms with Gasteiger partial charge in [-0.3, -0.25) is 9.59 Å². The number of esters is 1. The Morgan fingerprint density at radius 3 is 1.67 bits per heavy atom. The summed E-state index contributed by atoms with van der Waals surface area (Å²) in [6, 6.07) is 0.863. The normalized spacial score (nSPS) is 14.8. The molecule has 0 unspecified atom stereocenters. The van der Waals surface area contributed by atoms with Crippen LogP contribution >= 0.6 is 0 Å². The largest absolute Gasteiger partial charge is 0.465 e. The van der Waals surface area contributed by atoms with Crippen LogP contribution in [0, 0.1) is 5.92 Å². The molecule has 0 bridgehead atoms. The molecule has 10 heteroatoms. The van der Waals surface area contributed by atoms with Crippen molar-refractivity contribution in [1.29, 1.82) is 0 Å². The van der Waals surface area contributed by atoms with Crippen LogP contribution in [0.5, 0.6) is 0 Å². The van der Waals surface area contributed by atoms with E-state index >= 15 is 0 Å². The van der Waals surface area contributed by atoms with Crippen molar-refractivity contribution in [3.63, 3.8) is 0 Å². The molecule has 0 N–H and O–H groups in total. The van der Waals surface area contributed by atoms with E-state index in [1.54, 1.807) is 0 Å². The predicted molar refractivity (Wildman–Crippen MR) is 151 cm³/mol. The first-order valence-corrected chi connectivity index (χ1v) is 15.7. The molecule has 240 valence electrons. The van der Waals surface area contributed by atoms with Crippen LogP contribution in [0.15, 0.2) is 18.2 Å². The minimum absolute atomic E-state index is 0.0366. The minimum atomic E-state index is -4.98. The van der Waals surface area contributed by atoms with Crippen LogP contribution < -0.4 is 0 Å². The number of ether oxygens (including phenoxy) is 1. The highest BCUT2D eigenvalue weighted by Gasteiger charge is 2.40. The molecule has 42 heavy (non-hydrogen) atoms. The van der Waals surface area contributed by atoms with Crippen LogP contribution in [0.4, 0.5) is 26.3 Å². The van der Waals surface area contributed by atoms with Gasteiger partial charge in [0.2, 0.25) is 0 Å². The number of rotatable bonds is 18. The highest BCUT2D eigenvalue weighted by Crippen LogP contribution is 2.37. The number of hydrogen-bond acceptors (Lipinski definition) is 3. The molecule has 1 heterocycles. The van der Waals surface area contributed by atoms with E-state index < -0.39 is 46.8 Å². The third-order valence-corrected chi connectivity index (χ3v) is 7.99. The predicted octanol–water partition coefficient (Wildman–Crippen LogP) is 9.99. The molecule has 4 nitrogen and oxygen atoms in total. The molecule has 1 aliphatic rings. The van der Waals surface area contributed by atoms with Crippen molar-refractivity contribution in [2.24, 2.45) is 5.92 Å². The fourth-order valence-electron chi connectivity index (χ4n) is 5.40. The van der Waals surface area contributed by atoms with Gasteiger partial charge in [0, 0.05) is 13.1 Å². The number of carbonyl (C=O) groups excluding carboxylic acids is 2. The topological polar surface area (TPSA) is 46.6 Å². The number of benzene rings is 1. The number of alkyl halides is 6. The standard InChI is InChI=1S/C32H47F6NO3/c1-2-3-4-5-6-7-8-9-10-11-12-13-14-15-16-23-42-30(41)25-19-21-39(22-20-25)29(40)27-24-26(31(33,34)35)17-18-28(27)32(36,37)38/h17-18,24-25H,2-16,19-23H2,1H3. The average molecular weight is 608 g/mol. The number of nitrogens with zero attached hydrogens (tertiary/aromatic N) is 1. The number of carbonyl (C=O) groups is 2. The van der Waals surface area contributed by atoms with Crippen LogP contribution in [0.2, 0.25) is 0 Å². The molecule has 0 aromatic heterocycles. The summed E-state index contributed by atoms with van der Waals surface area (Å²) < 4.78 is 84.8. The second-order valence-corrected chi connectivity index (χ2v) is 11.4. The molecular weight excluding hydrogens is 560 g/mol. The number of likely N-dealkylation sites (tertiary alicyclic amines) is 1. The Balaban J connectivity index is 1.60. The van der Waals surface area contributed by atoms with Gasteiger partial charge >= 0.3 is 18.3 Å². The summed E-state index contributed by atoms with van der Waals surface area (Å²) in [6.45, 7) is 2.46. The number of hydrogen-bond donors (Lipinski definition) is 0. The van der Waals surface area contributed by atoms with E-state index in [1.165, 1.54) is 77.0 Å². The number of piperidine rings is 1. The fraction of sp³-hybridized carbons (Fsp3) is 0.750. The van der Waals surface area contributed by atoms with E-state index in [-0.39, 0.29) is 38.1 Å². The van der Waals surface area contributed by atoms with E-state index in [4.69, 9.17) is 4.74 Å². The zero-order chi connectivity index (χ0) is 31.0. The van der Waals surface area contributed by atoms with Gasteiger partial charge < -0.3 is 9.64 Å². The zero-order valence-corrected chi connectivity index (χ0v) is 24.9. The second-order valence-electron chi connectivity index (χ2n) is 11.4. The van der Waals surface area contributed by atoms with Crippen molar-refractivity contribution in [3.05, 3.63) is 34.9 Å². The summed E-state index contributed by atoms with van der Waals surface area (Å²) in [5.74, 6) is -2.02. The molecule has 1 aromatic carbocycles. The molecule has 1 fully saturated rings. The summed E-state index contributed by atoms with van der Waals surface area (Å²) in [4.78, 5) is 26.3. The van der Waals surface area contributed by atoms with Gasteiger partial charge in [-0.05, 0) is 37.5 Å². The summed E-state index contributed by atoms with van der Waals surface area (Å²) >= 11 is 0. The molecule has 0 radical (unpaired) electrons. The van der Waals surface area contributed by atoms with Crippen molar-refractivity contribution in [1.82, 2.24) is 4.90 Å². The quantitative estimate of drug-likeness (QED) is 0.0948. The van der Waals surface area contributed by atoms with Crippen molar-refractivity contribution in [3.8, 4) is 0 Å². The maximum Gasteiger partial charge on any atom is 0.417 e. The van der Waals surface area contributed by atoms with Crippen LogP contribution in [0.25, 0.3) is 0 Å². The second kappa shape index (κ2) is 18.4.